The molecule has 3 aromatic rings. The highest BCUT2D eigenvalue weighted by molar-refractivity contribution is 6.99. The van der Waals surface area contributed by atoms with Crippen LogP contribution in [0.1, 0.15) is 27.2 Å². The normalized spacial score (nSPS) is 14.4. The van der Waals surface area contributed by atoms with E-state index in [-0.39, 0.29) is 10.6 Å². The van der Waals surface area contributed by atoms with E-state index in [0.29, 0.717) is 13.0 Å². The molecule has 34 heavy (non-hydrogen) atoms. The number of aliphatic hydroxyl groups excluding tert-OH is 1. The van der Waals surface area contributed by atoms with Crippen molar-refractivity contribution >= 4 is 32.0 Å². The van der Waals surface area contributed by atoms with E-state index in [0.717, 1.165) is 0 Å². The van der Waals surface area contributed by atoms with Gasteiger partial charge >= 0.3 is 0 Å². The van der Waals surface area contributed by atoms with Gasteiger partial charge in [0.1, 0.15) is 0 Å². The van der Waals surface area contributed by atoms with Gasteiger partial charge in [0.2, 0.25) is 0 Å². The molecule has 180 valence electrons. The van der Waals surface area contributed by atoms with Crippen LogP contribution in [0.15, 0.2) is 104 Å². The van der Waals surface area contributed by atoms with Gasteiger partial charge in [0.05, 0.1) is 14.2 Å². The van der Waals surface area contributed by atoms with E-state index in [1.807, 2.05) is 12.1 Å². The van der Waals surface area contributed by atoms with Crippen LogP contribution >= 0.6 is 0 Å². The summed E-state index contributed by atoms with van der Waals surface area (Å²) in [5.74, 6) is 0. The fourth-order valence-electron chi connectivity index (χ4n) is 5.27. The molecule has 0 saturated heterocycles. The maximum Gasteiger partial charge on any atom is 0.261 e. The van der Waals surface area contributed by atoms with Crippen molar-refractivity contribution in [3.63, 3.8) is 0 Å². The molecule has 0 amide bonds. The van der Waals surface area contributed by atoms with E-state index < -0.39 is 22.5 Å². The molecule has 0 saturated carbocycles. The molecule has 1 N–H and O–H groups in total. The Morgan fingerprint density at radius 3 is 1.59 bits per heavy atom. The predicted molar refractivity (Wildman–Crippen MR) is 152 cm³/mol. The number of benzene rings is 3. The van der Waals surface area contributed by atoms with Crippen LogP contribution in [-0.4, -0.2) is 34.2 Å². The first-order valence-corrected chi connectivity index (χ1v) is 17.2. The Kier molecular flexibility index (Phi) is 8.53. The van der Waals surface area contributed by atoms with Crippen molar-refractivity contribution < 1.29 is 9.53 Å². The van der Waals surface area contributed by atoms with Crippen LogP contribution < -0.4 is 15.6 Å². The highest BCUT2D eigenvalue weighted by atomic mass is 28.4. The Balaban J connectivity index is 1.88. The van der Waals surface area contributed by atoms with Crippen LogP contribution in [0.3, 0.4) is 0 Å². The second-order valence-electron chi connectivity index (χ2n) is 10.7. The third-order valence-electron chi connectivity index (χ3n) is 7.17. The molecular formula is C30H40O2Si2. The molecule has 2 nitrogen and oxygen atoms in total. The fraction of sp³-hybridized carbons (Fsp3) is 0.333. The zero-order valence-electron chi connectivity index (χ0n) is 21.4. The number of aliphatic hydroxyl groups is 1. The molecule has 4 heteroatoms. The SMILES string of the molecule is C=C[C@@H]([C@H](O)CCO[Si](c1ccccc1)(c1ccccc1)C(C)(C)C)[Si](C)(C)c1ccccc1. The zero-order chi connectivity index (χ0) is 24.8. The van der Waals surface area contributed by atoms with Gasteiger partial charge < -0.3 is 9.53 Å². The van der Waals surface area contributed by atoms with Crippen LogP contribution in [-0.2, 0) is 4.43 Å². The van der Waals surface area contributed by atoms with Gasteiger partial charge in [-0.05, 0) is 21.8 Å². The van der Waals surface area contributed by atoms with E-state index in [1.54, 1.807) is 0 Å². The van der Waals surface area contributed by atoms with Crippen LogP contribution in [0.2, 0.25) is 23.7 Å². The summed E-state index contributed by atoms with van der Waals surface area (Å²) < 4.78 is 7.01. The van der Waals surface area contributed by atoms with E-state index in [1.165, 1.54) is 15.6 Å². The first-order valence-electron chi connectivity index (χ1n) is 12.3. The minimum Gasteiger partial charge on any atom is -0.407 e. The molecule has 2 atom stereocenters. The Morgan fingerprint density at radius 1 is 0.794 bits per heavy atom. The van der Waals surface area contributed by atoms with Gasteiger partial charge in [-0.1, -0.05) is 136 Å². The molecule has 0 aromatic heterocycles. The van der Waals surface area contributed by atoms with E-state index >= 15 is 0 Å². The average molecular weight is 489 g/mol. The lowest BCUT2D eigenvalue weighted by atomic mass is 10.2. The van der Waals surface area contributed by atoms with Crippen molar-refractivity contribution in [3.05, 3.63) is 104 Å². The van der Waals surface area contributed by atoms with Crippen molar-refractivity contribution in [1.29, 1.82) is 0 Å². The summed E-state index contributed by atoms with van der Waals surface area (Å²) in [6, 6.07) is 32.0. The monoisotopic (exact) mass is 488 g/mol. The minimum atomic E-state index is -2.60. The molecule has 0 aliphatic heterocycles. The van der Waals surface area contributed by atoms with E-state index in [2.05, 4.69) is 125 Å². The lowest BCUT2D eigenvalue weighted by Crippen LogP contribution is -2.66. The molecule has 0 aliphatic rings. The van der Waals surface area contributed by atoms with Gasteiger partial charge in [-0.2, -0.15) is 0 Å². The first kappa shape index (κ1) is 26.4. The van der Waals surface area contributed by atoms with Gasteiger partial charge in [0, 0.05) is 12.1 Å². The predicted octanol–water partition coefficient (Wildman–Crippen LogP) is 5.49. The first-order chi connectivity index (χ1) is 16.1. The maximum atomic E-state index is 11.3. The van der Waals surface area contributed by atoms with Crippen molar-refractivity contribution in [1.82, 2.24) is 0 Å². The van der Waals surface area contributed by atoms with Gasteiger partial charge in [-0.3, -0.25) is 0 Å². The quantitative estimate of drug-likeness (QED) is 0.302. The van der Waals surface area contributed by atoms with Crippen molar-refractivity contribution in [3.8, 4) is 0 Å². The molecule has 0 spiro atoms. The minimum absolute atomic E-state index is 0.0534. The molecule has 3 rings (SSSR count). The van der Waals surface area contributed by atoms with Crippen LogP contribution in [0.4, 0.5) is 0 Å². The van der Waals surface area contributed by atoms with Crippen molar-refractivity contribution in [2.24, 2.45) is 0 Å². The molecule has 0 radical (unpaired) electrons. The fourth-order valence-corrected chi connectivity index (χ4v) is 13.0. The standard InChI is InChI=1S/C30H40O2Si2/c1-7-29(33(5,6)25-17-11-8-12-18-25)28(31)23-24-32-34(30(2,3)4,26-19-13-9-14-20-26)27-21-15-10-16-22-27/h7-22,28-29,31H,1,23-24H2,2-6H3/t28-,29+/m1/s1. The molecule has 0 fully saturated rings. The third-order valence-corrected chi connectivity index (χ3v) is 16.3. The molecule has 0 bridgehead atoms. The smallest absolute Gasteiger partial charge is 0.261 e. The molecule has 3 aromatic carbocycles. The van der Waals surface area contributed by atoms with Gasteiger partial charge in [0.25, 0.3) is 8.32 Å². The van der Waals surface area contributed by atoms with Gasteiger partial charge in [-0.25, -0.2) is 0 Å². The Morgan fingerprint density at radius 2 is 1.21 bits per heavy atom. The molecular weight excluding hydrogens is 449 g/mol. The summed E-state index contributed by atoms with van der Waals surface area (Å²) >= 11 is 0. The van der Waals surface area contributed by atoms with Crippen LogP contribution in [0, 0.1) is 0 Å². The number of rotatable bonds is 10. The molecule has 0 unspecified atom stereocenters. The summed E-state index contributed by atoms with van der Waals surface area (Å²) in [5.41, 5.74) is 0.0534. The topological polar surface area (TPSA) is 29.5 Å². The van der Waals surface area contributed by atoms with Crippen molar-refractivity contribution in [2.75, 3.05) is 6.61 Å². The summed E-state index contributed by atoms with van der Waals surface area (Å²) in [5, 5.41) is 15.1. The van der Waals surface area contributed by atoms with Crippen molar-refractivity contribution in [2.45, 2.75) is 57.0 Å². The molecule has 0 heterocycles. The summed E-state index contributed by atoms with van der Waals surface area (Å²) in [7, 11) is -4.54. The van der Waals surface area contributed by atoms with Gasteiger partial charge in [0.15, 0.2) is 0 Å². The maximum absolute atomic E-state index is 11.3. The second kappa shape index (κ2) is 11.0. The Hall–Kier alpha value is -2.25. The zero-order valence-corrected chi connectivity index (χ0v) is 23.4. The summed E-state index contributed by atoms with van der Waals surface area (Å²) in [4.78, 5) is 0. The largest absolute Gasteiger partial charge is 0.407 e. The number of hydrogen-bond acceptors (Lipinski definition) is 2. The average Bonchev–Trinajstić information content (AvgIpc) is 2.83. The lowest BCUT2D eigenvalue weighted by molar-refractivity contribution is 0.137. The van der Waals surface area contributed by atoms with Crippen LogP contribution in [0.5, 0.6) is 0 Å². The molecule has 0 aliphatic carbocycles. The highest BCUT2D eigenvalue weighted by Crippen LogP contribution is 2.37. The number of hydrogen-bond donors (Lipinski definition) is 1. The summed E-state index contributed by atoms with van der Waals surface area (Å²) in [6.45, 7) is 16.1. The van der Waals surface area contributed by atoms with E-state index in [9.17, 15) is 5.11 Å². The highest BCUT2D eigenvalue weighted by Gasteiger charge is 2.50. The Labute approximate surface area is 208 Å². The van der Waals surface area contributed by atoms with Crippen LogP contribution in [0.25, 0.3) is 0 Å². The Bertz CT molecular complexity index is 988. The second-order valence-corrected chi connectivity index (χ2v) is 19.7. The summed E-state index contributed by atoms with van der Waals surface area (Å²) in [6.07, 6.45) is 2.06. The third kappa shape index (κ3) is 5.36. The van der Waals surface area contributed by atoms with Gasteiger partial charge in [-0.15, -0.1) is 6.58 Å². The van der Waals surface area contributed by atoms with E-state index in [4.69, 9.17) is 4.43 Å². The lowest BCUT2D eigenvalue weighted by Gasteiger charge is -2.43.